The fourth-order valence-corrected chi connectivity index (χ4v) is 3.43. The predicted molar refractivity (Wildman–Crippen MR) is 102 cm³/mol. The highest BCUT2D eigenvalue weighted by Gasteiger charge is 2.11. The van der Waals surface area contributed by atoms with Gasteiger partial charge >= 0.3 is 0 Å². The first-order valence-corrected chi connectivity index (χ1v) is 9.21. The molecule has 23 heavy (non-hydrogen) atoms. The average molecular weight is 388 g/mol. The highest BCUT2D eigenvalue weighted by atomic mass is 79.9. The first kappa shape index (κ1) is 16.1. The van der Waals surface area contributed by atoms with Gasteiger partial charge in [-0.25, -0.2) is 4.68 Å². The summed E-state index contributed by atoms with van der Waals surface area (Å²) in [5, 5.41) is 4.46. The smallest absolute Gasteiger partial charge is 0.146 e. The Balaban J connectivity index is 2.05. The largest absolute Gasteiger partial charge is 0.382 e. The predicted octanol–water partition coefficient (Wildman–Crippen LogP) is 5.30. The lowest BCUT2D eigenvalue weighted by Gasteiger charge is -2.09. The van der Waals surface area contributed by atoms with Crippen LogP contribution in [-0.2, 0) is 0 Å². The summed E-state index contributed by atoms with van der Waals surface area (Å²) in [6, 6.07) is 16.6. The summed E-state index contributed by atoms with van der Waals surface area (Å²) in [6.07, 6.45) is 0. The highest BCUT2D eigenvalue weighted by Crippen LogP contribution is 2.29. The molecule has 0 atom stereocenters. The van der Waals surface area contributed by atoms with Gasteiger partial charge in [0.1, 0.15) is 5.82 Å². The molecule has 1 aromatic heterocycles. The summed E-state index contributed by atoms with van der Waals surface area (Å²) >= 11 is 5.42. The van der Waals surface area contributed by atoms with Gasteiger partial charge in [0.2, 0.25) is 0 Å². The fourth-order valence-electron chi connectivity index (χ4n) is 2.40. The van der Waals surface area contributed by atoms with Gasteiger partial charge in [0.15, 0.2) is 0 Å². The summed E-state index contributed by atoms with van der Waals surface area (Å²) < 4.78 is 2.95. The lowest BCUT2D eigenvalue weighted by Crippen LogP contribution is -2.00. The summed E-state index contributed by atoms with van der Waals surface area (Å²) in [6.45, 7) is 4.22. The quantitative estimate of drug-likeness (QED) is 0.617. The van der Waals surface area contributed by atoms with Crippen LogP contribution in [0.4, 0.5) is 5.82 Å². The number of rotatable bonds is 4. The second-order valence-corrected chi connectivity index (χ2v) is 7.45. The second-order valence-electron chi connectivity index (χ2n) is 5.26. The van der Waals surface area contributed by atoms with Crippen LogP contribution in [0.1, 0.15) is 12.5 Å². The van der Waals surface area contributed by atoms with Crippen LogP contribution in [0.3, 0.4) is 0 Å². The van der Waals surface area contributed by atoms with Crippen molar-refractivity contribution in [1.82, 2.24) is 9.78 Å². The second kappa shape index (κ2) is 6.81. The molecule has 0 bridgehead atoms. The maximum Gasteiger partial charge on any atom is 0.146 e. The number of benzene rings is 2. The lowest BCUT2D eigenvalue weighted by atomic mass is 10.1. The molecule has 0 spiro atoms. The monoisotopic (exact) mass is 387 g/mol. The fraction of sp³-hybridized carbons (Fsp3) is 0.167. The van der Waals surface area contributed by atoms with Crippen molar-refractivity contribution >= 4 is 33.5 Å². The third-order valence-corrected chi connectivity index (χ3v) is 5.34. The molecular weight excluding hydrogens is 370 g/mol. The van der Waals surface area contributed by atoms with E-state index in [0.717, 1.165) is 27.2 Å². The van der Waals surface area contributed by atoms with Crippen molar-refractivity contribution < 1.29 is 0 Å². The molecule has 118 valence electrons. The van der Waals surface area contributed by atoms with E-state index in [0.29, 0.717) is 5.82 Å². The summed E-state index contributed by atoms with van der Waals surface area (Å²) in [5.41, 5.74) is 10.2. The van der Waals surface area contributed by atoms with Gasteiger partial charge in [-0.3, -0.25) is 0 Å². The zero-order chi connectivity index (χ0) is 16.4. The van der Waals surface area contributed by atoms with E-state index < -0.39 is 0 Å². The number of hydrogen-bond donors (Lipinski definition) is 1. The molecule has 0 radical (unpaired) electrons. The molecule has 3 nitrogen and oxygen atoms in total. The van der Waals surface area contributed by atoms with E-state index in [1.165, 1.54) is 10.5 Å². The van der Waals surface area contributed by atoms with Crippen LogP contribution < -0.4 is 5.73 Å². The van der Waals surface area contributed by atoms with Crippen molar-refractivity contribution in [2.45, 2.75) is 18.7 Å². The molecular formula is C18H18BrN3S. The Bertz CT molecular complexity index is 825. The van der Waals surface area contributed by atoms with Crippen LogP contribution in [0, 0.1) is 6.92 Å². The molecule has 0 aliphatic heterocycles. The minimum Gasteiger partial charge on any atom is -0.382 e. The zero-order valence-electron chi connectivity index (χ0n) is 13.1. The number of anilines is 1. The van der Waals surface area contributed by atoms with Crippen LogP contribution in [0.2, 0.25) is 0 Å². The molecule has 0 aliphatic carbocycles. The molecule has 5 heteroatoms. The van der Waals surface area contributed by atoms with Gasteiger partial charge in [-0.2, -0.15) is 5.10 Å². The first-order chi connectivity index (χ1) is 11.1. The van der Waals surface area contributed by atoms with Gasteiger partial charge in [-0.05, 0) is 42.5 Å². The molecule has 0 saturated heterocycles. The van der Waals surface area contributed by atoms with Crippen molar-refractivity contribution in [2.75, 3.05) is 11.5 Å². The maximum atomic E-state index is 5.95. The third kappa shape index (κ3) is 3.46. The molecule has 0 saturated carbocycles. The summed E-state index contributed by atoms with van der Waals surface area (Å²) in [4.78, 5) is 1.27. The van der Waals surface area contributed by atoms with Crippen LogP contribution >= 0.6 is 27.7 Å². The Morgan fingerprint density at radius 1 is 1.13 bits per heavy atom. The van der Waals surface area contributed by atoms with E-state index in [1.807, 2.05) is 22.5 Å². The standard InChI is InChI=1S/C18H18BrN3S/c1-3-23-15-8-5-13(6-9-15)17-11-18(20)21-22(17)14-7-4-12(2)16(19)10-14/h4-11H,3H2,1-2H3,(H2,20,21). The van der Waals surface area contributed by atoms with E-state index in [-0.39, 0.29) is 0 Å². The molecule has 0 unspecified atom stereocenters. The van der Waals surface area contributed by atoms with Crippen LogP contribution in [-0.4, -0.2) is 15.5 Å². The number of halogens is 1. The van der Waals surface area contributed by atoms with Crippen molar-refractivity contribution in [3.63, 3.8) is 0 Å². The maximum absolute atomic E-state index is 5.95. The van der Waals surface area contributed by atoms with Crippen molar-refractivity contribution in [2.24, 2.45) is 0 Å². The topological polar surface area (TPSA) is 43.8 Å². The number of thioether (sulfide) groups is 1. The van der Waals surface area contributed by atoms with Gasteiger partial charge in [0.25, 0.3) is 0 Å². The number of hydrogen-bond acceptors (Lipinski definition) is 3. The summed E-state index contributed by atoms with van der Waals surface area (Å²) in [5.74, 6) is 1.59. The SMILES string of the molecule is CCSc1ccc(-c2cc(N)nn2-c2ccc(C)c(Br)c2)cc1. The van der Waals surface area contributed by atoms with Gasteiger partial charge in [-0.1, -0.05) is 41.1 Å². The van der Waals surface area contributed by atoms with Gasteiger partial charge in [0.05, 0.1) is 11.4 Å². The van der Waals surface area contributed by atoms with Crippen LogP contribution in [0.15, 0.2) is 57.9 Å². The molecule has 2 N–H and O–H groups in total. The minimum atomic E-state index is 0.517. The minimum absolute atomic E-state index is 0.517. The molecule has 2 aromatic carbocycles. The van der Waals surface area contributed by atoms with E-state index in [9.17, 15) is 0 Å². The lowest BCUT2D eigenvalue weighted by molar-refractivity contribution is 0.892. The van der Waals surface area contributed by atoms with Crippen molar-refractivity contribution in [3.8, 4) is 16.9 Å². The Morgan fingerprint density at radius 3 is 2.52 bits per heavy atom. The first-order valence-electron chi connectivity index (χ1n) is 7.44. The van der Waals surface area contributed by atoms with Crippen LogP contribution in [0.25, 0.3) is 16.9 Å². The highest BCUT2D eigenvalue weighted by molar-refractivity contribution is 9.10. The van der Waals surface area contributed by atoms with E-state index in [2.05, 4.69) is 77.3 Å². The third-order valence-electron chi connectivity index (χ3n) is 3.59. The number of aromatic nitrogens is 2. The van der Waals surface area contributed by atoms with Crippen molar-refractivity contribution in [1.29, 1.82) is 0 Å². The molecule has 0 fully saturated rings. The number of aryl methyl sites for hydroxylation is 1. The van der Waals surface area contributed by atoms with Gasteiger partial charge < -0.3 is 5.73 Å². The number of nitrogens with zero attached hydrogens (tertiary/aromatic N) is 2. The van der Waals surface area contributed by atoms with E-state index in [1.54, 1.807) is 0 Å². The summed E-state index contributed by atoms with van der Waals surface area (Å²) in [7, 11) is 0. The number of nitrogen functional groups attached to an aromatic ring is 1. The van der Waals surface area contributed by atoms with Gasteiger partial charge in [0, 0.05) is 21.0 Å². The zero-order valence-corrected chi connectivity index (χ0v) is 15.5. The molecule has 3 aromatic rings. The van der Waals surface area contributed by atoms with Crippen LogP contribution in [0.5, 0.6) is 0 Å². The number of nitrogens with two attached hydrogens (primary N) is 1. The Morgan fingerprint density at radius 2 is 1.87 bits per heavy atom. The van der Waals surface area contributed by atoms with Gasteiger partial charge in [-0.15, -0.1) is 11.8 Å². The normalized spacial score (nSPS) is 10.9. The average Bonchev–Trinajstić information content (AvgIpc) is 2.93. The molecule has 0 amide bonds. The Kier molecular flexibility index (Phi) is 4.78. The van der Waals surface area contributed by atoms with Crippen molar-refractivity contribution in [3.05, 3.63) is 58.6 Å². The molecule has 3 rings (SSSR count). The van der Waals surface area contributed by atoms with E-state index in [4.69, 9.17) is 5.73 Å². The molecule has 1 heterocycles. The Hall–Kier alpha value is -1.72. The Labute approximate surface area is 149 Å². The molecule has 0 aliphatic rings. The van der Waals surface area contributed by atoms with E-state index >= 15 is 0 Å².